The predicted molar refractivity (Wildman–Crippen MR) is 203 cm³/mol. The van der Waals surface area contributed by atoms with Crippen molar-refractivity contribution in [2.24, 2.45) is 0 Å². The molecule has 0 aromatic carbocycles. The molecule has 8 heteroatoms. The highest BCUT2D eigenvalue weighted by atomic mass is 16.5. The van der Waals surface area contributed by atoms with Gasteiger partial charge in [-0.05, 0) is 25.7 Å². The molecule has 1 N–H and O–H groups in total. The number of esters is 2. The number of rotatable bonds is 37. The Balaban J connectivity index is 4.23. The van der Waals surface area contributed by atoms with E-state index in [2.05, 4.69) is 13.8 Å². The smallest absolute Gasteiger partial charge is 0.305 e. The molecule has 0 fully saturated rings. The summed E-state index contributed by atoms with van der Waals surface area (Å²) in [4.78, 5) is 39.5. The third kappa shape index (κ3) is 33.2. The topological polar surface area (TPSA) is 93.1 Å². The van der Waals surface area contributed by atoms with Gasteiger partial charge in [-0.1, -0.05) is 142 Å². The van der Waals surface area contributed by atoms with Gasteiger partial charge in [-0.25, -0.2) is 0 Å². The number of likely N-dealkylation sites (N-methyl/N-ethyl adjacent to an activating group) is 1. The number of amides is 1. The van der Waals surface area contributed by atoms with Gasteiger partial charge in [0.15, 0.2) is 0 Å². The van der Waals surface area contributed by atoms with Crippen LogP contribution in [0.5, 0.6) is 0 Å². The van der Waals surface area contributed by atoms with Crippen LogP contribution in [0.1, 0.15) is 187 Å². The van der Waals surface area contributed by atoms with E-state index >= 15 is 0 Å². The van der Waals surface area contributed by atoms with Crippen molar-refractivity contribution in [3.8, 4) is 0 Å². The number of hydrogen-bond acceptors (Lipinski definition) is 6. The van der Waals surface area contributed by atoms with Gasteiger partial charge >= 0.3 is 11.9 Å². The van der Waals surface area contributed by atoms with E-state index in [1.165, 1.54) is 116 Å². The van der Waals surface area contributed by atoms with Crippen molar-refractivity contribution >= 4 is 17.8 Å². The molecule has 0 aliphatic carbocycles. The number of aliphatic hydroxyl groups is 1. The summed E-state index contributed by atoms with van der Waals surface area (Å²) >= 11 is 0. The fraction of sp³-hybridized carbons (Fsp3) is 0.927. The minimum Gasteiger partial charge on any atom is -0.466 e. The molecular formula is C41H81N2O6+. The van der Waals surface area contributed by atoms with Gasteiger partial charge in [-0.3, -0.25) is 14.4 Å². The third-order valence-corrected chi connectivity index (χ3v) is 9.63. The van der Waals surface area contributed by atoms with Gasteiger partial charge < -0.3 is 24.0 Å². The maximum Gasteiger partial charge on any atom is 0.305 e. The molecule has 1 amide bonds. The normalized spacial score (nSPS) is 11.5. The Morgan fingerprint density at radius 3 is 1.18 bits per heavy atom. The monoisotopic (exact) mass is 698 g/mol. The van der Waals surface area contributed by atoms with Gasteiger partial charge in [-0.15, -0.1) is 0 Å². The molecule has 0 saturated heterocycles. The maximum absolute atomic E-state index is 13.1. The summed E-state index contributed by atoms with van der Waals surface area (Å²) in [6.45, 7) is 7.44. The summed E-state index contributed by atoms with van der Waals surface area (Å²) in [5, 5.41) is 9.34. The van der Waals surface area contributed by atoms with Crippen molar-refractivity contribution in [1.82, 2.24) is 4.90 Å². The quantitative estimate of drug-likeness (QED) is 0.0395. The van der Waals surface area contributed by atoms with Gasteiger partial charge in [-0.2, -0.15) is 0 Å². The first kappa shape index (κ1) is 47.3. The van der Waals surface area contributed by atoms with Crippen LogP contribution in [0, 0.1) is 0 Å². The van der Waals surface area contributed by atoms with Crippen molar-refractivity contribution in [2.45, 2.75) is 187 Å². The molecule has 0 aromatic heterocycles. The molecular weight excluding hydrogens is 616 g/mol. The highest BCUT2D eigenvalue weighted by Crippen LogP contribution is 2.14. The van der Waals surface area contributed by atoms with Gasteiger partial charge in [0.05, 0.1) is 46.9 Å². The lowest BCUT2D eigenvalue weighted by molar-refractivity contribution is -0.890. The Bertz CT molecular complexity index is 729. The number of quaternary nitrogens is 1. The lowest BCUT2D eigenvalue weighted by atomic mass is 10.1. The van der Waals surface area contributed by atoms with E-state index in [1.54, 1.807) is 0 Å². The summed E-state index contributed by atoms with van der Waals surface area (Å²) < 4.78 is 11.5. The van der Waals surface area contributed by atoms with Gasteiger partial charge in [0, 0.05) is 25.9 Å². The number of carbonyl (C=O) groups is 3. The molecule has 0 bridgehead atoms. The number of aliphatic hydroxyl groups excluding tert-OH is 1. The highest BCUT2D eigenvalue weighted by molar-refractivity contribution is 5.76. The summed E-state index contributed by atoms with van der Waals surface area (Å²) in [6.07, 6.45) is 30.0. The summed E-state index contributed by atoms with van der Waals surface area (Å²) in [5.74, 6) is -0.258. The fourth-order valence-corrected chi connectivity index (χ4v) is 6.19. The molecule has 8 nitrogen and oxygen atoms in total. The van der Waals surface area contributed by atoms with E-state index in [-0.39, 0.29) is 24.5 Å². The van der Waals surface area contributed by atoms with E-state index in [0.29, 0.717) is 76.0 Å². The van der Waals surface area contributed by atoms with Crippen LogP contribution in [-0.2, 0) is 23.9 Å². The molecule has 0 aromatic rings. The molecule has 290 valence electrons. The summed E-state index contributed by atoms with van der Waals surface area (Å²) in [7, 11) is 4.02. The standard InChI is InChI=1S/C41H81N2O6/c1-5-7-9-11-13-15-17-19-21-23-25-29-40(46)48-37-27-32-42(39(45)31-34-43(3,4)35-36-44)33-28-38-49-41(47)30-26-24-22-20-18-16-14-12-10-8-6-2/h44H,5-38H2,1-4H3/q+1. The number of carbonyl (C=O) groups excluding carboxylic acids is 3. The predicted octanol–water partition coefficient (Wildman–Crippen LogP) is 9.54. The van der Waals surface area contributed by atoms with Crippen LogP contribution in [0.25, 0.3) is 0 Å². The number of nitrogens with zero attached hydrogens (tertiary/aromatic N) is 2. The fourth-order valence-electron chi connectivity index (χ4n) is 6.19. The van der Waals surface area contributed by atoms with Gasteiger partial charge in [0.2, 0.25) is 5.91 Å². The van der Waals surface area contributed by atoms with E-state index in [1.807, 2.05) is 19.0 Å². The van der Waals surface area contributed by atoms with E-state index in [9.17, 15) is 19.5 Å². The first-order valence-corrected chi connectivity index (χ1v) is 20.8. The Morgan fingerprint density at radius 1 is 0.490 bits per heavy atom. The molecule has 0 rings (SSSR count). The average Bonchev–Trinajstić information content (AvgIpc) is 3.07. The number of ether oxygens (including phenoxy) is 2. The van der Waals surface area contributed by atoms with Gasteiger partial charge in [0.1, 0.15) is 6.54 Å². The molecule has 0 aliphatic heterocycles. The summed E-state index contributed by atoms with van der Waals surface area (Å²) in [5.41, 5.74) is 0. The lowest BCUT2D eigenvalue weighted by Crippen LogP contribution is -2.45. The van der Waals surface area contributed by atoms with Crippen molar-refractivity contribution in [1.29, 1.82) is 0 Å². The van der Waals surface area contributed by atoms with Crippen molar-refractivity contribution in [2.75, 3.05) is 60.1 Å². The van der Waals surface area contributed by atoms with Crippen molar-refractivity contribution < 1.29 is 33.4 Å². The Hall–Kier alpha value is -1.67. The summed E-state index contributed by atoms with van der Waals surface area (Å²) in [6, 6.07) is 0. The van der Waals surface area contributed by atoms with Crippen LogP contribution in [0.15, 0.2) is 0 Å². The molecule has 0 saturated carbocycles. The largest absolute Gasteiger partial charge is 0.466 e. The van der Waals surface area contributed by atoms with Crippen LogP contribution in [0.4, 0.5) is 0 Å². The van der Waals surface area contributed by atoms with Crippen molar-refractivity contribution in [3.05, 3.63) is 0 Å². The van der Waals surface area contributed by atoms with Crippen LogP contribution in [-0.4, -0.2) is 92.4 Å². The van der Waals surface area contributed by atoms with Crippen LogP contribution >= 0.6 is 0 Å². The minimum absolute atomic E-state index is 0.0451. The second kappa shape index (κ2) is 34.8. The van der Waals surface area contributed by atoms with E-state index < -0.39 is 0 Å². The SMILES string of the molecule is CCCCCCCCCCCCCC(=O)OCCCN(CCCOC(=O)CCCCCCCCCCCCC)C(=O)CC[N+](C)(C)CCO. The molecule has 0 unspecified atom stereocenters. The van der Waals surface area contributed by atoms with Gasteiger partial charge in [0.25, 0.3) is 0 Å². The van der Waals surface area contributed by atoms with Crippen LogP contribution < -0.4 is 0 Å². The van der Waals surface area contributed by atoms with E-state index in [4.69, 9.17) is 9.47 Å². The molecule has 0 aliphatic rings. The zero-order valence-electron chi connectivity index (χ0n) is 32.9. The first-order valence-electron chi connectivity index (χ1n) is 20.8. The zero-order chi connectivity index (χ0) is 36.3. The van der Waals surface area contributed by atoms with Crippen LogP contribution in [0.3, 0.4) is 0 Å². The Morgan fingerprint density at radius 2 is 0.837 bits per heavy atom. The number of hydrogen-bond donors (Lipinski definition) is 1. The molecule has 0 radical (unpaired) electrons. The molecule has 0 spiro atoms. The second-order valence-electron chi connectivity index (χ2n) is 15.0. The number of unbranched alkanes of at least 4 members (excludes halogenated alkanes) is 20. The molecule has 49 heavy (non-hydrogen) atoms. The van der Waals surface area contributed by atoms with Crippen LogP contribution in [0.2, 0.25) is 0 Å². The second-order valence-corrected chi connectivity index (χ2v) is 15.0. The highest BCUT2D eigenvalue weighted by Gasteiger charge is 2.20. The zero-order valence-corrected chi connectivity index (χ0v) is 32.9. The maximum atomic E-state index is 13.1. The Labute approximate surface area is 303 Å². The first-order chi connectivity index (χ1) is 23.8. The average molecular weight is 698 g/mol. The molecule has 0 heterocycles. The minimum atomic E-state index is -0.151. The van der Waals surface area contributed by atoms with E-state index in [0.717, 1.165) is 25.7 Å². The third-order valence-electron chi connectivity index (χ3n) is 9.63. The molecule has 0 atom stereocenters. The van der Waals surface area contributed by atoms with Crippen molar-refractivity contribution in [3.63, 3.8) is 0 Å². The Kier molecular flexibility index (Phi) is 33.6. The lowest BCUT2D eigenvalue weighted by Gasteiger charge is -2.30.